The molecule has 3 nitrogen and oxygen atoms in total. The molecule has 156 valence electrons. The molecule has 0 saturated carbocycles. The first-order chi connectivity index (χ1) is 14.7. The Hall–Kier alpha value is -3.07. The molecule has 0 spiro atoms. The Morgan fingerprint density at radius 2 is 1.57 bits per heavy atom. The van der Waals surface area contributed by atoms with E-state index in [0.29, 0.717) is 29.6 Å². The van der Waals surface area contributed by atoms with Crippen LogP contribution in [0.1, 0.15) is 49.9 Å². The average molecular weight is 403 g/mol. The van der Waals surface area contributed by atoms with Crippen molar-refractivity contribution in [3.05, 3.63) is 84.4 Å². The Bertz CT molecular complexity index is 916. The van der Waals surface area contributed by atoms with Gasteiger partial charge in [0.05, 0.1) is 12.2 Å². The molecule has 3 aromatic carbocycles. The first kappa shape index (κ1) is 21.6. The maximum absolute atomic E-state index is 12.6. The molecule has 0 aliphatic carbocycles. The second-order valence-corrected chi connectivity index (χ2v) is 7.54. The van der Waals surface area contributed by atoms with Crippen LogP contribution in [-0.4, -0.2) is 12.6 Å². The zero-order valence-electron chi connectivity index (χ0n) is 17.8. The van der Waals surface area contributed by atoms with E-state index in [1.807, 2.05) is 54.6 Å². The van der Waals surface area contributed by atoms with Crippen LogP contribution < -0.4 is 9.47 Å². The van der Waals surface area contributed by atoms with Crippen LogP contribution in [-0.2, 0) is 0 Å². The topological polar surface area (TPSA) is 35.5 Å². The molecule has 0 fully saturated rings. The summed E-state index contributed by atoms with van der Waals surface area (Å²) in [4.78, 5) is 12.6. The van der Waals surface area contributed by atoms with Crippen molar-refractivity contribution in [2.45, 2.75) is 39.5 Å². The summed E-state index contributed by atoms with van der Waals surface area (Å²) in [6, 6.07) is 24.9. The van der Waals surface area contributed by atoms with E-state index in [4.69, 9.17) is 9.47 Å². The van der Waals surface area contributed by atoms with E-state index < -0.39 is 0 Å². The number of carbonyl (C=O) groups excluding carboxylic acids is 1. The number of carbonyl (C=O) groups is 1. The summed E-state index contributed by atoms with van der Waals surface area (Å²) >= 11 is 0. The maximum Gasteiger partial charge on any atom is 0.343 e. The fourth-order valence-electron chi connectivity index (χ4n) is 3.34. The van der Waals surface area contributed by atoms with E-state index in [2.05, 4.69) is 26.0 Å². The third kappa shape index (κ3) is 6.21. The summed E-state index contributed by atoms with van der Waals surface area (Å²) in [5.41, 5.74) is 2.70. The number of benzene rings is 3. The van der Waals surface area contributed by atoms with Gasteiger partial charge in [0.25, 0.3) is 0 Å². The molecule has 30 heavy (non-hydrogen) atoms. The Morgan fingerprint density at radius 3 is 2.27 bits per heavy atom. The highest BCUT2D eigenvalue weighted by molar-refractivity contribution is 5.91. The number of esters is 1. The molecule has 0 radical (unpaired) electrons. The van der Waals surface area contributed by atoms with Gasteiger partial charge in [-0.1, -0.05) is 81.6 Å². The van der Waals surface area contributed by atoms with E-state index in [-0.39, 0.29) is 5.97 Å². The van der Waals surface area contributed by atoms with Gasteiger partial charge in [0.15, 0.2) is 0 Å². The summed E-state index contributed by atoms with van der Waals surface area (Å²) in [5, 5.41) is 0. The van der Waals surface area contributed by atoms with Crippen molar-refractivity contribution in [3.8, 4) is 22.6 Å². The monoisotopic (exact) mass is 402 g/mol. The lowest BCUT2D eigenvalue weighted by Gasteiger charge is -2.16. The maximum atomic E-state index is 12.6. The fraction of sp³-hybridized carbons (Fsp3) is 0.296. The number of ether oxygens (including phenoxy) is 2. The number of hydrogen-bond acceptors (Lipinski definition) is 3. The zero-order chi connectivity index (χ0) is 21.2. The minimum atomic E-state index is -0.383. The molecule has 0 saturated heterocycles. The van der Waals surface area contributed by atoms with Crippen molar-refractivity contribution in [2.75, 3.05) is 6.61 Å². The number of rotatable bonds is 10. The molecule has 0 bridgehead atoms. The average Bonchev–Trinajstić information content (AvgIpc) is 2.80. The van der Waals surface area contributed by atoms with Crippen LogP contribution in [0.4, 0.5) is 0 Å². The van der Waals surface area contributed by atoms with Crippen LogP contribution in [0.3, 0.4) is 0 Å². The summed E-state index contributed by atoms with van der Waals surface area (Å²) in [5.74, 6) is 1.39. The van der Waals surface area contributed by atoms with Crippen molar-refractivity contribution in [1.29, 1.82) is 0 Å². The molecule has 0 heterocycles. The third-order valence-corrected chi connectivity index (χ3v) is 5.27. The van der Waals surface area contributed by atoms with E-state index in [1.165, 1.54) is 19.3 Å². The van der Waals surface area contributed by atoms with Crippen LogP contribution in [0.15, 0.2) is 78.9 Å². The van der Waals surface area contributed by atoms with Crippen molar-refractivity contribution in [3.63, 3.8) is 0 Å². The smallest absolute Gasteiger partial charge is 0.343 e. The Morgan fingerprint density at radius 1 is 0.833 bits per heavy atom. The molecular formula is C27H30O3. The molecule has 3 aromatic rings. The molecule has 0 N–H and O–H groups in total. The van der Waals surface area contributed by atoms with Gasteiger partial charge in [-0.15, -0.1) is 0 Å². The standard InChI is InChI=1S/C27H30O3/c1-3-5-10-21(4-2)20-29-26-14-9-13-24(19-26)27(28)30-25-17-15-23(16-18-25)22-11-7-6-8-12-22/h6-9,11-19,21H,3-5,10,20H2,1-2H3. The first-order valence-corrected chi connectivity index (χ1v) is 10.8. The van der Waals surface area contributed by atoms with Gasteiger partial charge in [-0.05, 0) is 53.8 Å². The first-order valence-electron chi connectivity index (χ1n) is 10.8. The Kier molecular flexibility index (Phi) is 8.08. The highest BCUT2D eigenvalue weighted by atomic mass is 16.5. The SMILES string of the molecule is CCCCC(CC)COc1cccc(C(=O)Oc2ccc(-c3ccccc3)cc2)c1. The number of unbranched alkanes of at least 4 members (excludes halogenated alkanes) is 1. The second kappa shape index (κ2) is 11.2. The molecule has 0 aliphatic heterocycles. The summed E-state index contributed by atoms with van der Waals surface area (Å²) in [6.45, 7) is 5.08. The van der Waals surface area contributed by atoms with Crippen LogP contribution in [0.25, 0.3) is 11.1 Å². The van der Waals surface area contributed by atoms with Gasteiger partial charge < -0.3 is 9.47 Å². The predicted octanol–water partition coefficient (Wildman–Crippen LogP) is 7.17. The highest BCUT2D eigenvalue weighted by Crippen LogP contribution is 2.23. The minimum Gasteiger partial charge on any atom is -0.493 e. The minimum absolute atomic E-state index is 0.383. The Balaban J connectivity index is 1.59. The van der Waals surface area contributed by atoms with E-state index in [9.17, 15) is 4.79 Å². The van der Waals surface area contributed by atoms with Crippen LogP contribution in [0.2, 0.25) is 0 Å². The third-order valence-electron chi connectivity index (χ3n) is 5.27. The quantitative estimate of drug-likeness (QED) is 0.266. The molecule has 0 aromatic heterocycles. The van der Waals surface area contributed by atoms with Gasteiger partial charge in [0.1, 0.15) is 11.5 Å². The van der Waals surface area contributed by atoms with Gasteiger partial charge in [0.2, 0.25) is 0 Å². The van der Waals surface area contributed by atoms with Gasteiger partial charge in [0, 0.05) is 0 Å². The summed E-state index contributed by atoms with van der Waals surface area (Å²) in [7, 11) is 0. The molecule has 1 unspecified atom stereocenters. The lowest BCUT2D eigenvalue weighted by molar-refractivity contribution is 0.0734. The lowest BCUT2D eigenvalue weighted by atomic mass is 10.0. The fourth-order valence-corrected chi connectivity index (χ4v) is 3.34. The van der Waals surface area contributed by atoms with Crippen molar-refractivity contribution in [2.24, 2.45) is 5.92 Å². The summed E-state index contributed by atoms with van der Waals surface area (Å²) < 4.78 is 11.5. The van der Waals surface area contributed by atoms with E-state index >= 15 is 0 Å². The normalized spacial score (nSPS) is 11.7. The molecule has 0 aliphatic rings. The molecule has 3 rings (SSSR count). The number of hydrogen-bond donors (Lipinski definition) is 0. The van der Waals surface area contributed by atoms with Crippen LogP contribution in [0, 0.1) is 5.92 Å². The van der Waals surface area contributed by atoms with Gasteiger partial charge >= 0.3 is 5.97 Å². The molecule has 1 atom stereocenters. The second-order valence-electron chi connectivity index (χ2n) is 7.54. The van der Waals surface area contributed by atoms with Crippen LogP contribution in [0.5, 0.6) is 11.5 Å². The lowest BCUT2D eigenvalue weighted by Crippen LogP contribution is -2.12. The van der Waals surface area contributed by atoms with Crippen molar-refractivity contribution < 1.29 is 14.3 Å². The van der Waals surface area contributed by atoms with Crippen molar-refractivity contribution >= 4 is 5.97 Å². The van der Waals surface area contributed by atoms with E-state index in [1.54, 1.807) is 12.1 Å². The molecule has 3 heteroatoms. The molecule has 0 amide bonds. The summed E-state index contributed by atoms with van der Waals surface area (Å²) in [6.07, 6.45) is 4.69. The zero-order valence-corrected chi connectivity index (χ0v) is 17.8. The predicted molar refractivity (Wildman–Crippen MR) is 122 cm³/mol. The van der Waals surface area contributed by atoms with Crippen LogP contribution >= 0.6 is 0 Å². The highest BCUT2D eigenvalue weighted by Gasteiger charge is 2.12. The van der Waals surface area contributed by atoms with E-state index in [0.717, 1.165) is 17.5 Å². The van der Waals surface area contributed by atoms with Gasteiger partial charge in [-0.2, -0.15) is 0 Å². The molecular weight excluding hydrogens is 372 g/mol. The largest absolute Gasteiger partial charge is 0.493 e. The van der Waals surface area contributed by atoms with Gasteiger partial charge in [-0.25, -0.2) is 4.79 Å². The van der Waals surface area contributed by atoms with Crippen molar-refractivity contribution in [1.82, 2.24) is 0 Å². The Labute approximate surface area is 179 Å². The van der Waals surface area contributed by atoms with Gasteiger partial charge in [-0.3, -0.25) is 0 Å².